The molecule has 0 aliphatic carbocycles. The largest absolute Gasteiger partial charge is 0.505 e. The molecule has 1 atom stereocenters. The molecule has 0 saturated carbocycles. The summed E-state index contributed by atoms with van der Waals surface area (Å²) in [6.45, 7) is 1.93. The zero-order valence-electron chi connectivity index (χ0n) is 10.7. The number of hydrogen-bond donors (Lipinski definition) is 0. The van der Waals surface area contributed by atoms with Gasteiger partial charge < -0.3 is 22.1 Å². The third kappa shape index (κ3) is 2.85. The summed E-state index contributed by atoms with van der Waals surface area (Å²) in [7, 11) is 2.52. The van der Waals surface area contributed by atoms with Crippen LogP contribution >= 0.6 is 11.6 Å². The second-order valence-electron chi connectivity index (χ2n) is 3.29. The Morgan fingerprint density at radius 3 is 1.44 bits per heavy atom. The van der Waals surface area contributed by atoms with Gasteiger partial charge in [0.1, 0.15) is 0 Å². The second-order valence-corrected chi connectivity index (χ2v) is 11.5. The van der Waals surface area contributed by atoms with E-state index in [-0.39, 0.29) is 5.16 Å². The highest BCUT2D eigenvalue weighted by Crippen LogP contribution is 2.34. The summed E-state index contributed by atoms with van der Waals surface area (Å²) in [5.74, 6) is 0. The predicted molar refractivity (Wildman–Crippen MR) is 66.7 cm³/mol. The molecule has 0 aromatic carbocycles. The van der Waals surface area contributed by atoms with Crippen molar-refractivity contribution in [2.75, 3.05) is 41.1 Å². The SMILES string of the molecule is CO[Si](CCl)(OC)C(C)[Si](OC)(OC)OC. The lowest BCUT2D eigenvalue weighted by molar-refractivity contribution is 0.112. The Bertz CT molecular complexity index is 162. The number of alkyl halides is 1. The first kappa shape index (κ1) is 16.5. The molecule has 8 heteroatoms. The zero-order valence-corrected chi connectivity index (χ0v) is 13.5. The first-order valence-corrected chi connectivity index (χ1v) is 9.27. The van der Waals surface area contributed by atoms with E-state index in [0.717, 1.165) is 0 Å². The van der Waals surface area contributed by atoms with Gasteiger partial charge in [0, 0.05) is 35.5 Å². The predicted octanol–water partition coefficient (Wildman–Crippen LogP) is 1.31. The quantitative estimate of drug-likeness (QED) is 0.498. The van der Waals surface area contributed by atoms with E-state index in [1.54, 1.807) is 35.5 Å². The molecule has 16 heavy (non-hydrogen) atoms. The number of hydrogen-bond acceptors (Lipinski definition) is 5. The summed E-state index contributed by atoms with van der Waals surface area (Å²) in [6.07, 6.45) is 0. The molecule has 0 aliphatic rings. The molecule has 0 N–H and O–H groups in total. The second kappa shape index (κ2) is 7.07. The molecule has 98 valence electrons. The monoisotopic (exact) mass is 288 g/mol. The van der Waals surface area contributed by atoms with E-state index in [0.29, 0.717) is 5.50 Å². The minimum atomic E-state index is -2.79. The fourth-order valence-electron chi connectivity index (χ4n) is 1.71. The molecule has 0 saturated heterocycles. The van der Waals surface area contributed by atoms with Gasteiger partial charge in [-0.1, -0.05) is 6.92 Å². The van der Waals surface area contributed by atoms with E-state index < -0.39 is 17.4 Å². The molecule has 0 aromatic rings. The van der Waals surface area contributed by atoms with Crippen LogP contribution in [0.4, 0.5) is 0 Å². The Labute approximate surface area is 105 Å². The third-order valence-electron chi connectivity index (χ3n) is 2.92. The highest BCUT2D eigenvalue weighted by atomic mass is 35.5. The highest BCUT2D eigenvalue weighted by molar-refractivity contribution is 6.88. The van der Waals surface area contributed by atoms with Gasteiger partial charge in [0.15, 0.2) is 0 Å². The fraction of sp³-hybridized carbons (Fsp3) is 1.00. The normalized spacial score (nSPS) is 15.2. The van der Waals surface area contributed by atoms with Gasteiger partial charge in [-0.3, -0.25) is 0 Å². The van der Waals surface area contributed by atoms with Crippen LogP contribution in [0.5, 0.6) is 0 Å². The van der Waals surface area contributed by atoms with Crippen molar-refractivity contribution >= 4 is 29.0 Å². The molecule has 0 heterocycles. The van der Waals surface area contributed by atoms with Gasteiger partial charge in [-0.2, -0.15) is 0 Å². The molecule has 1 unspecified atom stereocenters. The Morgan fingerprint density at radius 1 is 0.875 bits per heavy atom. The molecule has 0 amide bonds. The van der Waals surface area contributed by atoms with E-state index in [4.69, 9.17) is 33.7 Å². The summed E-state index contributed by atoms with van der Waals surface area (Å²) in [6, 6.07) is 0. The van der Waals surface area contributed by atoms with Crippen LogP contribution in [-0.2, 0) is 22.1 Å². The standard InChI is InChI=1S/C8H21ClO5Si2/c1-8(15(7-9,10-2)11-3)16(12-4,13-5)14-6/h8H,7H2,1-6H3. The molecular weight excluding hydrogens is 268 g/mol. The maximum absolute atomic E-state index is 5.96. The van der Waals surface area contributed by atoms with Gasteiger partial charge >= 0.3 is 17.4 Å². The molecule has 0 bridgehead atoms. The van der Waals surface area contributed by atoms with Crippen molar-refractivity contribution < 1.29 is 22.1 Å². The summed E-state index contributed by atoms with van der Waals surface area (Å²) in [4.78, 5) is 0. The lowest BCUT2D eigenvalue weighted by atomic mass is 10.9. The van der Waals surface area contributed by atoms with Gasteiger partial charge in [-0.25, -0.2) is 0 Å². The average Bonchev–Trinajstić information content (AvgIpc) is 2.35. The van der Waals surface area contributed by atoms with Crippen LogP contribution in [0.25, 0.3) is 0 Å². The number of halogens is 1. The van der Waals surface area contributed by atoms with Crippen molar-refractivity contribution in [2.45, 2.75) is 12.1 Å². The van der Waals surface area contributed by atoms with Gasteiger partial charge in [-0.15, -0.1) is 11.6 Å². The van der Waals surface area contributed by atoms with Crippen molar-refractivity contribution in [2.24, 2.45) is 0 Å². The summed E-state index contributed by atoms with van der Waals surface area (Å²) in [5.41, 5.74) is 0.298. The molecule has 0 fully saturated rings. The van der Waals surface area contributed by atoms with Crippen molar-refractivity contribution in [1.82, 2.24) is 0 Å². The van der Waals surface area contributed by atoms with Crippen LogP contribution in [0, 0.1) is 0 Å². The van der Waals surface area contributed by atoms with Crippen molar-refractivity contribution in [1.29, 1.82) is 0 Å². The van der Waals surface area contributed by atoms with Gasteiger partial charge in [0.2, 0.25) is 0 Å². The zero-order chi connectivity index (χ0) is 12.8. The lowest BCUT2D eigenvalue weighted by Crippen LogP contribution is -2.61. The van der Waals surface area contributed by atoms with Crippen molar-refractivity contribution in [3.8, 4) is 0 Å². The Kier molecular flexibility index (Phi) is 7.30. The van der Waals surface area contributed by atoms with E-state index in [2.05, 4.69) is 0 Å². The van der Waals surface area contributed by atoms with Crippen molar-refractivity contribution in [3.63, 3.8) is 0 Å². The Morgan fingerprint density at radius 2 is 1.25 bits per heavy atom. The maximum Gasteiger partial charge on any atom is 0.505 e. The van der Waals surface area contributed by atoms with Crippen LogP contribution in [0.3, 0.4) is 0 Å². The minimum Gasteiger partial charge on any atom is -0.397 e. The first-order chi connectivity index (χ1) is 7.52. The van der Waals surface area contributed by atoms with Crippen LogP contribution in [-0.4, -0.2) is 58.4 Å². The van der Waals surface area contributed by atoms with E-state index in [9.17, 15) is 0 Å². The first-order valence-electron chi connectivity index (χ1n) is 4.84. The molecule has 0 spiro atoms. The van der Waals surface area contributed by atoms with Gasteiger partial charge in [-0.05, 0) is 0 Å². The van der Waals surface area contributed by atoms with Crippen LogP contribution in [0.15, 0.2) is 0 Å². The molecular formula is C8H21ClO5Si2. The molecule has 0 aliphatic heterocycles. The topological polar surface area (TPSA) is 46.2 Å². The third-order valence-corrected chi connectivity index (χ3v) is 12.3. The molecule has 5 nitrogen and oxygen atoms in total. The lowest BCUT2D eigenvalue weighted by Gasteiger charge is -2.38. The molecule has 0 radical (unpaired) electrons. The van der Waals surface area contributed by atoms with E-state index in [1.807, 2.05) is 6.92 Å². The molecule has 0 aromatic heterocycles. The van der Waals surface area contributed by atoms with Crippen molar-refractivity contribution in [3.05, 3.63) is 0 Å². The smallest absolute Gasteiger partial charge is 0.397 e. The van der Waals surface area contributed by atoms with Gasteiger partial charge in [0.25, 0.3) is 0 Å². The maximum atomic E-state index is 5.96. The fourth-order valence-corrected chi connectivity index (χ4v) is 10.6. The van der Waals surface area contributed by atoms with Gasteiger partial charge in [0.05, 0.1) is 10.7 Å². The Balaban J connectivity index is 5.16. The summed E-state index contributed by atoms with van der Waals surface area (Å²) in [5, 5.41) is -0.118. The minimum absolute atomic E-state index is 0.118. The van der Waals surface area contributed by atoms with Crippen LogP contribution in [0.2, 0.25) is 5.16 Å². The summed E-state index contributed by atoms with van der Waals surface area (Å²) < 4.78 is 27.2. The average molecular weight is 289 g/mol. The van der Waals surface area contributed by atoms with Crippen LogP contribution in [0.1, 0.15) is 6.92 Å². The van der Waals surface area contributed by atoms with E-state index >= 15 is 0 Å². The van der Waals surface area contributed by atoms with E-state index in [1.165, 1.54) is 0 Å². The van der Waals surface area contributed by atoms with Crippen LogP contribution < -0.4 is 0 Å². The Hall–Kier alpha value is 0.524. The number of rotatable bonds is 8. The highest BCUT2D eigenvalue weighted by Gasteiger charge is 2.59. The summed E-state index contributed by atoms with van der Waals surface area (Å²) >= 11 is 5.96. The molecule has 0 rings (SSSR count).